The molecule has 1 atom stereocenters. The Labute approximate surface area is 168 Å². The Morgan fingerprint density at radius 2 is 2.07 bits per heavy atom. The maximum atomic E-state index is 13.4. The highest BCUT2D eigenvalue weighted by atomic mass is 19.1. The maximum Gasteiger partial charge on any atom is 0.290 e. The van der Waals surface area contributed by atoms with Gasteiger partial charge in [0, 0.05) is 24.5 Å². The number of carbonyl (C=O) groups excluding carboxylic acids is 2. The zero-order chi connectivity index (χ0) is 20.4. The van der Waals surface area contributed by atoms with Gasteiger partial charge in [0.15, 0.2) is 5.69 Å². The number of nitrogens with zero attached hydrogens (tertiary/aromatic N) is 3. The highest BCUT2D eigenvalue weighted by Gasteiger charge is 2.30. The fourth-order valence-electron chi connectivity index (χ4n) is 3.93. The van der Waals surface area contributed by atoms with Crippen LogP contribution in [0.4, 0.5) is 10.1 Å². The van der Waals surface area contributed by atoms with Crippen LogP contribution in [0.1, 0.15) is 53.7 Å². The average Bonchev–Trinajstić information content (AvgIpc) is 3.13. The summed E-state index contributed by atoms with van der Waals surface area (Å²) in [7, 11) is 0. The minimum absolute atomic E-state index is 0.142. The van der Waals surface area contributed by atoms with E-state index in [4.69, 9.17) is 0 Å². The van der Waals surface area contributed by atoms with E-state index in [2.05, 4.69) is 17.2 Å². The quantitative estimate of drug-likeness (QED) is 0.724. The van der Waals surface area contributed by atoms with Crippen LogP contribution in [0.3, 0.4) is 0 Å². The van der Waals surface area contributed by atoms with Gasteiger partial charge in [-0.05, 0) is 56.0 Å². The number of amides is 2. The van der Waals surface area contributed by atoms with E-state index in [9.17, 15) is 14.0 Å². The molecule has 1 aliphatic rings. The molecule has 1 unspecified atom stereocenters. The molecular formula is C22H23FN4O2. The molecule has 2 aromatic heterocycles. The van der Waals surface area contributed by atoms with Crippen molar-refractivity contribution >= 4 is 23.0 Å². The Morgan fingerprint density at radius 3 is 2.86 bits per heavy atom. The van der Waals surface area contributed by atoms with E-state index < -0.39 is 11.7 Å². The summed E-state index contributed by atoms with van der Waals surface area (Å²) < 4.78 is 15.1. The van der Waals surface area contributed by atoms with Crippen LogP contribution >= 0.6 is 0 Å². The van der Waals surface area contributed by atoms with Crippen LogP contribution in [0.25, 0.3) is 5.52 Å². The number of benzene rings is 1. The van der Waals surface area contributed by atoms with Gasteiger partial charge in [-0.15, -0.1) is 0 Å². The highest BCUT2D eigenvalue weighted by molar-refractivity contribution is 6.09. The Morgan fingerprint density at radius 1 is 1.21 bits per heavy atom. The second-order valence-corrected chi connectivity index (χ2v) is 7.26. The lowest BCUT2D eigenvalue weighted by molar-refractivity contribution is 0.0594. The van der Waals surface area contributed by atoms with Crippen LogP contribution in [0.15, 0.2) is 48.7 Å². The van der Waals surface area contributed by atoms with Crippen molar-refractivity contribution in [3.05, 3.63) is 66.0 Å². The van der Waals surface area contributed by atoms with Gasteiger partial charge in [0.2, 0.25) is 5.82 Å². The van der Waals surface area contributed by atoms with Crippen molar-refractivity contribution in [2.45, 2.75) is 38.6 Å². The number of nitrogens with one attached hydrogen (secondary N) is 1. The molecule has 6 nitrogen and oxygen atoms in total. The SMILES string of the molecule is CCC1CCCCN1C(=O)c1nc(C(=O)Nc2cccc(F)c2)c2ccccn12. The van der Waals surface area contributed by atoms with Gasteiger partial charge in [0.1, 0.15) is 5.82 Å². The van der Waals surface area contributed by atoms with Crippen molar-refractivity contribution in [3.8, 4) is 0 Å². The third-order valence-electron chi connectivity index (χ3n) is 5.40. The molecule has 29 heavy (non-hydrogen) atoms. The van der Waals surface area contributed by atoms with E-state index in [1.165, 1.54) is 18.2 Å². The number of hydrogen-bond donors (Lipinski definition) is 1. The average molecular weight is 394 g/mol. The van der Waals surface area contributed by atoms with Gasteiger partial charge in [0.05, 0.1) is 5.52 Å². The fourth-order valence-corrected chi connectivity index (χ4v) is 3.93. The van der Waals surface area contributed by atoms with Gasteiger partial charge >= 0.3 is 0 Å². The lowest BCUT2D eigenvalue weighted by Gasteiger charge is -2.34. The third-order valence-corrected chi connectivity index (χ3v) is 5.40. The molecule has 150 valence electrons. The summed E-state index contributed by atoms with van der Waals surface area (Å²) in [4.78, 5) is 32.4. The van der Waals surface area contributed by atoms with Crippen LogP contribution in [-0.2, 0) is 0 Å². The van der Waals surface area contributed by atoms with E-state index in [0.717, 1.165) is 25.7 Å². The van der Waals surface area contributed by atoms with Gasteiger partial charge in [-0.1, -0.05) is 19.1 Å². The first-order chi connectivity index (χ1) is 14.1. The van der Waals surface area contributed by atoms with E-state index >= 15 is 0 Å². The molecule has 2 amide bonds. The summed E-state index contributed by atoms with van der Waals surface area (Å²) in [5.74, 6) is -0.860. The summed E-state index contributed by atoms with van der Waals surface area (Å²) in [5, 5.41) is 2.66. The van der Waals surface area contributed by atoms with Crippen molar-refractivity contribution in [3.63, 3.8) is 0 Å². The second kappa shape index (κ2) is 8.03. The fraction of sp³-hybridized carbons (Fsp3) is 0.318. The van der Waals surface area contributed by atoms with Crippen molar-refractivity contribution in [1.29, 1.82) is 0 Å². The molecule has 0 saturated carbocycles. The third kappa shape index (κ3) is 3.72. The molecule has 0 spiro atoms. The van der Waals surface area contributed by atoms with E-state index in [1.54, 1.807) is 34.9 Å². The number of piperidine rings is 1. The molecular weight excluding hydrogens is 371 g/mol. The summed E-state index contributed by atoms with van der Waals surface area (Å²) in [6, 6.07) is 11.2. The van der Waals surface area contributed by atoms with Gasteiger partial charge in [0.25, 0.3) is 11.8 Å². The predicted octanol–water partition coefficient (Wildman–Crippen LogP) is 4.13. The molecule has 0 bridgehead atoms. The number of hydrogen-bond acceptors (Lipinski definition) is 3. The molecule has 1 aliphatic heterocycles. The van der Waals surface area contributed by atoms with Crippen LogP contribution in [0.5, 0.6) is 0 Å². The number of halogens is 1. The molecule has 3 heterocycles. The number of anilines is 1. The maximum absolute atomic E-state index is 13.4. The zero-order valence-corrected chi connectivity index (χ0v) is 16.3. The minimum Gasteiger partial charge on any atom is -0.333 e. The number of carbonyl (C=O) groups is 2. The van der Waals surface area contributed by atoms with Gasteiger partial charge in [-0.2, -0.15) is 0 Å². The second-order valence-electron chi connectivity index (χ2n) is 7.26. The first-order valence-corrected chi connectivity index (χ1v) is 9.93. The first-order valence-electron chi connectivity index (χ1n) is 9.93. The van der Waals surface area contributed by atoms with E-state index in [1.807, 2.05) is 4.90 Å². The van der Waals surface area contributed by atoms with Gasteiger partial charge in [-0.3, -0.25) is 14.0 Å². The Hall–Kier alpha value is -3.22. The smallest absolute Gasteiger partial charge is 0.290 e. The minimum atomic E-state index is -0.482. The topological polar surface area (TPSA) is 66.7 Å². The Kier molecular flexibility index (Phi) is 5.29. The number of rotatable bonds is 4. The number of aromatic nitrogens is 2. The highest BCUT2D eigenvalue weighted by Crippen LogP contribution is 2.23. The van der Waals surface area contributed by atoms with Gasteiger partial charge < -0.3 is 10.2 Å². The molecule has 1 aromatic carbocycles. The molecule has 0 aliphatic carbocycles. The van der Waals surface area contributed by atoms with Crippen LogP contribution in [0.2, 0.25) is 0 Å². The Bertz CT molecular complexity index is 1060. The van der Waals surface area contributed by atoms with Crippen molar-refractivity contribution in [1.82, 2.24) is 14.3 Å². The van der Waals surface area contributed by atoms with Crippen LogP contribution < -0.4 is 5.32 Å². The normalized spacial score (nSPS) is 16.8. The monoisotopic (exact) mass is 394 g/mol. The molecule has 1 N–H and O–H groups in total. The zero-order valence-electron chi connectivity index (χ0n) is 16.3. The number of imidazole rings is 1. The van der Waals surface area contributed by atoms with Crippen molar-refractivity contribution in [2.75, 3.05) is 11.9 Å². The van der Waals surface area contributed by atoms with Crippen molar-refractivity contribution < 1.29 is 14.0 Å². The van der Waals surface area contributed by atoms with E-state index in [-0.39, 0.29) is 23.5 Å². The lowest BCUT2D eigenvalue weighted by Crippen LogP contribution is -2.44. The molecule has 1 fully saturated rings. The summed E-state index contributed by atoms with van der Waals surface area (Å²) in [6.45, 7) is 2.78. The first kappa shape index (κ1) is 19.1. The molecule has 1 saturated heterocycles. The summed E-state index contributed by atoms with van der Waals surface area (Å²) in [5.41, 5.74) is 1.01. The standard InChI is InChI=1S/C22H23FN4O2/c1-2-17-10-3-5-12-26(17)22(29)20-25-19(18-11-4-6-13-27(18)20)21(28)24-16-9-7-8-15(23)14-16/h4,6-9,11,13-14,17H,2-3,5,10,12H2,1H3,(H,24,28). The Balaban J connectivity index is 1.69. The van der Waals surface area contributed by atoms with Crippen LogP contribution in [0, 0.1) is 5.82 Å². The van der Waals surface area contributed by atoms with Gasteiger partial charge in [-0.25, -0.2) is 9.37 Å². The summed E-state index contributed by atoms with van der Waals surface area (Å²) >= 11 is 0. The lowest BCUT2D eigenvalue weighted by atomic mass is 10.00. The van der Waals surface area contributed by atoms with Crippen LogP contribution in [-0.4, -0.2) is 38.7 Å². The number of fused-ring (bicyclic) bond motifs is 1. The van der Waals surface area contributed by atoms with Crippen molar-refractivity contribution in [2.24, 2.45) is 0 Å². The molecule has 3 aromatic rings. The largest absolute Gasteiger partial charge is 0.333 e. The predicted molar refractivity (Wildman–Crippen MR) is 109 cm³/mol. The number of likely N-dealkylation sites (tertiary alicyclic amines) is 1. The van der Waals surface area contributed by atoms with E-state index in [0.29, 0.717) is 17.7 Å². The summed E-state index contributed by atoms with van der Waals surface area (Å²) in [6.07, 6.45) is 5.70. The molecule has 0 radical (unpaired) electrons. The molecule has 4 rings (SSSR count). The molecule has 7 heteroatoms. The number of pyridine rings is 1.